The smallest absolute Gasteiger partial charge is 0.191 e. The van der Waals surface area contributed by atoms with Crippen LogP contribution in [0.5, 0.6) is 5.75 Å². The summed E-state index contributed by atoms with van der Waals surface area (Å²) >= 11 is 0. The van der Waals surface area contributed by atoms with Crippen LogP contribution in [0, 0.1) is 5.41 Å². The number of carbonyl (C=O) groups is 1. The average molecular weight is 282 g/mol. The van der Waals surface area contributed by atoms with Crippen molar-refractivity contribution in [3.8, 4) is 5.75 Å². The fourth-order valence-electron chi connectivity index (χ4n) is 1.89. The van der Waals surface area contributed by atoms with Crippen LogP contribution in [0.4, 0.5) is 0 Å². The Labute approximate surface area is 120 Å². The van der Waals surface area contributed by atoms with Crippen molar-refractivity contribution in [2.75, 3.05) is 34.3 Å². The van der Waals surface area contributed by atoms with Crippen LogP contribution in [-0.2, 0) is 6.54 Å². The average Bonchev–Trinajstić information content (AvgIpc) is 2.86. The maximum absolute atomic E-state index is 12.8. The summed E-state index contributed by atoms with van der Waals surface area (Å²) in [7, 11) is 5.52. The zero-order valence-electron chi connectivity index (χ0n) is 13.1. The number of methoxy groups -OCH3 is 1. The van der Waals surface area contributed by atoms with Gasteiger partial charge < -0.3 is 15.4 Å². The van der Waals surface area contributed by atoms with Gasteiger partial charge in [-0.3, -0.25) is 9.48 Å². The van der Waals surface area contributed by atoms with E-state index >= 15 is 0 Å². The van der Waals surface area contributed by atoms with Crippen LogP contribution in [0.2, 0.25) is 0 Å². The summed E-state index contributed by atoms with van der Waals surface area (Å²) in [4.78, 5) is 14.8. The molecule has 0 saturated carbocycles. The van der Waals surface area contributed by atoms with Gasteiger partial charge in [0, 0.05) is 18.5 Å². The molecule has 0 bridgehead atoms. The molecule has 0 fully saturated rings. The number of rotatable bonds is 8. The number of hydrogen-bond acceptors (Lipinski definition) is 5. The third kappa shape index (κ3) is 3.37. The largest absolute Gasteiger partial charge is 0.493 e. The van der Waals surface area contributed by atoms with Crippen LogP contribution in [0.3, 0.4) is 0 Å². The topological polar surface area (TPSA) is 73.4 Å². The molecule has 0 radical (unpaired) electrons. The third-order valence-corrected chi connectivity index (χ3v) is 3.78. The lowest BCUT2D eigenvalue weighted by Gasteiger charge is -2.25. The number of nitrogens with two attached hydrogens (primary N) is 1. The number of ether oxygens (including phenoxy) is 1. The normalized spacial score (nSPS) is 14.3. The van der Waals surface area contributed by atoms with E-state index in [2.05, 4.69) is 5.10 Å². The molecule has 6 heteroatoms. The van der Waals surface area contributed by atoms with Crippen molar-refractivity contribution in [2.45, 2.75) is 26.8 Å². The van der Waals surface area contributed by atoms with Crippen LogP contribution >= 0.6 is 0 Å². The van der Waals surface area contributed by atoms with Gasteiger partial charge in [-0.15, -0.1) is 0 Å². The van der Waals surface area contributed by atoms with E-state index in [9.17, 15) is 4.79 Å². The molecule has 0 aromatic carbocycles. The number of hydrogen-bond donors (Lipinski definition) is 1. The first kappa shape index (κ1) is 16.7. The molecule has 1 aromatic heterocycles. The number of carbonyl (C=O) groups excluding carboxylic acids is 1. The molecule has 0 aliphatic rings. The van der Waals surface area contributed by atoms with Gasteiger partial charge in [-0.05, 0) is 20.5 Å². The van der Waals surface area contributed by atoms with Gasteiger partial charge in [0.25, 0.3) is 0 Å². The van der Waals surface area contributed by atoms with E-state index in [1.54, 1.807) is 18.0 Å². The Morgan fingerprint density at radius 2 is 2.20 bits per heavy atom. The van der Waals surface area contributed by atoms with E-state index in [0.29, 0.717) is 31.0 Å². The highest BCUT2D eigenvalue weighted by Gasteiger charge is 2.35. The van der Waals surface area contributed by atoms with Crippen molar-refractivity contribution in [3.63, 3.8) is 0 Å². The quantitative estimate of drug-likeness (QED) is 0.720. The summed E-state index contributed by atoms with van der Waals surface area (Å²) in [5, 5.41) is 4.27. The van der Waals surface area contributed by atoms with Gasteiger partial charge in [0.1, 0.15) is 5.69 Å². The van der Waals surface area contributed by atoms with E-state index < -0.39 is 5.41 Å². The van der Waals surface area contributed by atoms with Crippen molar-refractivity contribution in [3.05, 3.63) is 11.9 Å². The SMILES string of the molecule is CCC(C)(CN)C(=O)c1c(OC)cnn1CCN(C)C. The number of Topliss-reactive ketones (excluding diaryl/α,β-unsaturated/α-hetero) is 1. The Morgan fingerprint density at radius 1 is 1.55 bits per heavy atom. The third-order valence-electron chi connectivity index (χ3n) is 3.78. The lowest BCUT2D eigenvalue weighted by Crippen LogP contribution is -2.37. The van der Waals surface area contributed by atoms with Gasteiger partial charge in [-0.25, -0.2) is 0 Å². The molecule has 114 valence electrons. The highest BCUT2D eigenvalue weighted by molar-refractivity contribution is 6.01. The lowest BCUT2D eigenvalue weighted by molar-refractivity contribution is 0.0804. The Balaban J connectivity index is 3.13. The first-order chi connectivity index (χ1) is 9.39. The zero-order valence-corrected chi connectivity index (χ0v) is 13.1. The second-order valence-electron chi connectivity index (χ2n) is 5.54. The molecule has 20 heavy (non-hydrogen) atoms. The standard InChI is InChI=1S/C14H26N4O2/c1-6-14(2,10-15)13(19)12-11(20-5)9-16-18(12)8-7-17(3)4/h9H,6-8,10,15H2,1-5H3. The summed E-state index contributed by atoms with van der Waals surface area (Å²) in [5.74, 6) is 0.512. The molecule has 0 spiro atoms. The fourth-order valence-corrected chi connectivity index (χ4v) is 1.89. The minimum atomic E-state index is -0.580. The zero-order chi connectivity index (χ0) is 15.3. The molecular weight excluding hydrogens is 256 g/mol. The van der Waals surface area contributed by atoms with E-state index in [-0.39, 0.29) is 5.78 Å². The van der Waals surface area contributed by atoms with Crippen molar-refractivity contribution < 1.29 is 9.53 Å². The number of aromatic nitrogens is 2. The molecule has 1 unspecified atom stereocenters. The number of ketones is 1. The van der Waals surface area contributed by atoms with E-state index in [0.717, 1.165) is 6.54 Å². The van der Waals surface area contributed by atoms with Crippen molar-refractivity contribution in [1.82, 2.24) is 14.7 Å². The van der Waals surface area contributed by atoms with Gasteiger partial charge in [0.2, 0.25) is 0 Å². The number of nitrogens with zero attached hydrogens (tertiary/aromatic N) is 3. The summed E-state index contributed by atoms with van der Waals surface area (Å²) < 4.78 is 6.99. The molecule has 2 N–H and O–H groups in total. The van der Waals surface area contributed by atoms with Gasteiger partial charge in [0.15, 0.2) is 11.5 Å². The van der Waals surface area contributed by atoms with Crippen LogP contribution < -0.4 is 10.5 Å². The van der Waals surface area contributed by atoms with Crippen LogP contribution in [0.25, 0.3) is 0 Å². The maximum atomic E-state index is 12.8. The van der Waals surface area contributed by atoms with Crippen LogP contribution in [0.15, 0.2) is 6.20 Å². The molecular formula is C14H26N4O2. The van der Waals surface area contributed by atoms with Crippen molar-refractivity contribution >= 4 is 5.78 Å². The van der Waals surface area contributed by atoms with E-state index in [1.807, 2.05) is 32.8 Å². The molecule has 1 atom stereocenters. The second kappa shape index (κ2) is 6.85. The van der Waals surface area contributed by atoms with E-state index in [1.165, 1.54) is 0 Å². The first-order valence-corrected chi connectivity index (χ1v) is 6.89. The minimum absolute atomic E-state index is 0.00407. The lowest BCUT2D eigenvalue weighted by atomic mass is 9.81. The summed E-state index contributed by atoms with van der Waals surface area (Å²) in [5.41, 5.74) is 5.73. The fraction of sp³-hybridized carbons (Fsp3) is 0.714. The number of likely N-dealkylation sites (N-methyl/N-ethyl adjacent to an activating group) is 1. The predicted molar refractivity (Wildman–Crippen MR) is 79.1 cm³/mol. The summed E-state index contributed by atoms with van der Waals surface area (Å²) in [6, 6.07) is 0. The van der Waals surface area contributed by atoms with Gasteiger partial charge in [-0.2, -0.15) is 5.10 Å². The van der Waals surface area contributed by atoms with Crippen molar-refractivity contribution in [2.24, 2.45) is 11.1 Å². The molecule has 0 saturated heterocycles. The molecule has 1 heterocycles. The molecule has 1 aromatic rings. The minimum Gasteiger partial charge on any atom is -0.493 e. The van der Waals surface area contributed by atoms with Crippen LogP contribution in [-0.4, -0.2) is 54.8 Å². The Morgan fingerprint density at radius 3 is 2.65 bits per heavy atom. The second-order valence-corrected chi connectivity index (χ2v) is 5.54. The maximum Gasteiger partial charge on any atom is 0.191 e. The summed E-state index contributed by atoms with van der Waals surface area (Å²) in [6.45, 7) is 5.61. The van der Waals surface area contributed by atoms with Crippen molar-refractivity contribution in [1.29, 1.82) is 0 Å². The Hall–Kier alpha value is -1.40. The molecule has 0 amide bonds. The highest BCUT2D eigenvalue weighted by atomic mass is 16.5. The molecule has 0 aliphatic heterocycles. The molecule has 6 nitrogen and oxygen atoms in total. The first-order valence-electron chi connectivity index (χ1n) is 6.89. The van der Waals surface area contributed by atoms with Gasteiger partial charge in [-0.1, -0.05) is 13.8 Å². The predicted octanol–water partition coefficient (Wildman–Crippen LogP) is 1.01. The Kier molecular flexibility index (Phi) is 5.71. The molecule has 1 rings (SSSR count). The monoisotopic (exact) mass is 282 g/mol. The Bertz CT molecular complexity index is 450. The van der Waals surface area contributed by atoms with Crippen LogP contribution in [0.1, 0.15) is 30.8 Å². The highest BCUT2D eigenvalue weighted by Crippen LogP contribution is 2.30. The summed E-state index contributed by atoms with van der Waals surface area (Å²) in [6.07, 6.45) is 2.28. The van der Waals surface area contributed by atoms with Gasteiger partial charge in [0.05, 0.1) is 19.9 Å². The van der Waals surface area contributed by atoms with E-state index in [4.69, 9.17) is 10.5 Å². The van der Waals surface area contributed by atoms with Gasteiger partial charge >= 0.3 is 0 Å². The molecule has 0 aliphatic carbocycles.